The lowest BCUT2D eigenvalue weighted by Crippen LogP contribution is -2.36. The Morgan fingerprint density at radius 3 is 2.50 bits per heavy atom. The fourth-order valence-electron chi connectivity index (χ4n) is 2.43. The molecular weight excluding hydrogens is 205 g/mol. The van der Waals surface area contributed by atoms with Gasteiger partial charge in [-0.2, -0.15) is 0 Å². The van der Waals surface area contributed by atoms with Gasteiger partial charge in [-0.25, -0.2) is 4.39 Å². The van der Waals surface area contributed by atoms with E-state index in [0.717, 1.165) is 12.8 Å². The van der Waals surface area contributed by atoms with E-state index in [0.29, 0.717) is 24.1 Å². The topological polar surface area (TPSA) is 32.6 Å². The van der Waals surface area contributed by atoms with Crippen LogP contribution in [0.5, 0.6) is 0 Å². The lowest BCUT2D eigenvalue weighted by molar-refractivity contribution is 0.120. The van der Waals surface area contributed by atoms with Gasteiger partial charge < -0.3 is 5.11 Å². The lowest BCUT2D eigenvalue weighted by Gasteiger charge is -2.24. The van der Waals surface area contributed by atoms with Gasteiger partial charge in [0.1, 0.15) is 11.4 Å². The molecule has 86 valence electrons. The summed E-state index contributed by atoms with van der Waals surface area (Å²) in [6.45, 7) is 0. The minimum atomic E-state index is -0.934. The number of benzene rings is 1. The second-order valence-corrected chi connectivity index (χ2v) is 4.29. The highest BCUT2D eigenvalue weighted by Crippen LogP contribution is 2.33. The third kappa shape index (κ3) is 1.87. The number of nitrogens with zero attached hydrogens (tertiary/aromatic N) is 1. The van der Waals surface area contributed by atoms with Crippen molar-refractivity contribution in [3.8, 4) is 0 Å². The van der Waals surface area contributed by atoms with Crippen LogP contribution in [0, 0.1) is 5.82 Å². The molecule has 1 fully saturated rings. The molecule has 1 saturated carbocycles. The van der Waals surface area contributed by atoms with Crippen molar-refractivity contribution in [1.82, 2.24) is 0 Å². The first-order chi connectivity index (χ1) is 7.67. The highest BCUT2D eigenvalue weighted by Gasteiger charge is 2.37. The van der Waals surface area contributed by atoms with Crippen molar-refractivity contribution in [2.45, 2.75) is 31.3 Å². The van der Waals surface area contributed by atoms with E-state index in [9.17, 15) is 9.50 Å². The van der Waals surface area contributed by atoms with Crippen LogP contribution < -0.4 is 0 Å². The van der Waals surface area contributed by atoms with Crippen LogP contribution in [-0.4, -0.2) is 23.5 Å². The quantitative estimate of drug-likeness (QED) is 0.765. The number of aliphatic hydroxyl groups is 1. The fourth-order valence-corrected chi connectivity index (χ4v) is 2.43. The summed E-state index contributed by atoms with van der Waals surface area (Å²) >= 11 is 0. The Hall–Kier alpha value is -1.22. The van der Waals surface area contributed by atoms with E-state index in [1.807, 2.05) is 0 Å². The van der Waals surface area contributed by atoms with Crippen LogP contribution in [0.2, 0.25) is 0 Å². The maximum Gasteiger partial charge on any atom is 0.132 e. The lowest BCUT2D eigenvalue weighted by atomic mass is 9.90. The molecule has 2 nitrogen and oxygen atoms in total. The van der Waals surface area contributed by atoms with E-state index in [1.165, 1.54) is 6.07 Å². The molecule has 0 radical (unpaired) electrons. The van der Waals surface area contributed by atoms with E-state index in [1.54, 1.807) is 25.2 Å². The average molecular weight is 221 g/mol. The van der Waals surface area contributed by atoms with E-state index in [2.05, 4.69) is 4.99 Å². The maximum absolute atomic E-state index is 13.7. The highest BCUT2D eigenvalue weighted by atomic mass is 19.1. The first-order valence-electron chi connectivity index (χ1n) is 5.62. The van der Waals surface area contributed by atoms with Gasteiger partial charge in [0.15, 0.2) is 0 Å². The van der Waals surface area contributed by atoms with Crippen LogP contribution in [0.25, 0.3) is 0 Å². The van der Waals surface area contributed by atoms with Crippen molar-refractivity contribution in [2.75, 3.05) is 7.05 Å². The van der Waals surface area contributed by atoms with Crippen molar-refractivity contribution in [2.24, 2.45) is 4.99 Å². The largest absolute Gasteiger partial charge is 0.384 e. The third-order valence-electron chi connectivity index (χ3n) is 3.22. The maximum atomic E-state index is 13.7. The molecule has 0 saturated heterocycles. The van der Waals surface area contributed by atoms with Gasteiger partial charge in [-0.1, -0.05) is 31.0 Å². The van der Waals surface area contributed by atoms with Gasteiger partial charge in [-0.3, -0.25) is 4.99 Å². The van der Waals surface area contributed by atoms with Crippen LogP contribution in [0.15, 0.2) is 29.3 Å². The minimum Gasteiger partial charge on any atom is -0.384 e. The minimum absolute atomic E-state index is 0.316. The number of hydrogen-bond donors (Lipinski definition) is 1. The molecule has 1 aromatic carbocycles. The van der Waals surface area contributed by atoms with Crippen LogP contribution in [0.1, 0.15) is 31.2 Å². The summed E-state index contributed by atoms with van der Waals surface area (Å²) in [7, 11) is 1.61. The number of hydrogen-bond acceptors (Lipinski definition) is 2. The molecular formula is C13H16FNO. The SMILES string of the molecule is C/N=C(\c1ccccc1F)C1(O)CCCC1. The van der Waals surface area contributed by atoms with Crippen molar-refractivity contribution in [1.29, 1.82) is 0 Å². The molecule has 0 bridgehead atoms. The summed E-state index contributed by atoms with van der Waals surface area (Å²) in [4.78, 5) is 4.10. The molecule has 1 N–H and O–H groups in total. The second kappa shape index (κ2) is 4.34. The van der Waals surface area contributed by atoms with Gasteiger partial charge in [-0.05, 0) is 18.9 Å². The van der Waals surface area contributed by atoms with Crippen LogP contribution in [0.4, 0.5) is 4.39 Å². The Morgan fingerprint density at radius 2 is 1.94 bits per heavy atom. The Morgan fingerprint density at radius 1 is 1.31 bits per heavy atom. The summed E-state index contributed by atoms with van der Waals surface area (Å²) in [6.07, 6.45) is 3.30. The van der Waals surface area contributed by atoms with Gasteiger partial charge in [0.05, 0.1) is 5.71 Å². The van der Waals surface area contributed by atoms with Gasteiger partial charge in [0.2, 0.25) is 0 Å². The van der Waals surface area contributed by atoms with Crippen LogP contribution in [-0.2, 0) is 0 Å². The zero-order valence-corrected chi connectivity index (χ0v) is 9.41. The van der Waals surface area contributed by atoms with Gasteiger partial charge in [-0.15, -0.1) is 0 Å². The molecule has 0 aromatic heterocycles. The molecule has 0 spiro atoms. The normalized spacial score (nSPS) is 20.1. The third-order valence-corrected chi connectivity index (χ3v) is 3.22. The summed E-state index contributed by atoms with van der Waals surface area (Å²) in [6, 6.07) is 6.49. The molecule has 0 amide bonds. The standard InChI is InChI=1S/C13H16FNO/c1-15-12(13(16)8-4-5-9-13)10-6-2-3-7-11(10)14/h2-3,6-7,16H,4-5,8-9H2,1H3/b15-12+. The monoisotopic (exact) mass is 221 g/mol. The molecule has 1 aliphatic rings. The van der Waals surface area contributed by atoms with Crippen LogP contribution in [0.3, 0.4) is 0 Å². The summed E-state index contributed by atoms with van der Waals surface area (Å²) in [5.41, 5.74) is -0.0192. The zero-order chi connectivity index (χ0) is 11.6. The summed E-state index contributed by atoms with van der Waals surface area (Å²) in [5.74, 6) is -0.316. The Kier molecular flexibility index (Phi) is 3.06. The van der Waals surface area contributed by atoms with Gasteiger partial charge in [0, 0.05) is 12.6 Å². The van der Waals surface area contributed by atoms with Crippen LogP contribution >= 0.6 is 0 Å². The Labute approximate surface area is 94.8 Å². The van der Waals surface area contributed by atoms with E-state index in [4.69, 9.17) is 0 Å². The van der Waals surface area contributed by atoms with E-state index in [-0.39, 0.29) is 5.82 Å². The molecule has 1 aromatic rings. The number of rotatable bonds is 2. The first kappa shape index (κ1) is 11.3. The predicted molar refractivity (Wildman–Crippen MR) is 62.3 cm³/mol. The second-order valence-electron chi connectivity index (χ2n) is 4.29. The van der Waals surface area contributed by atoms with Crippen molar-refractivity contribution in [3.05, 3.63) is 35.6 Å². The molecule has 0 aliphatic heterocycles. The molecule has 0 atom stereocenters. The zero-order valence-electron chi connectivity index (χ0n) is 9.41. The number of halogens is 1. The smallest absolute Gasteiger partial charge is 0.132 e. The molecule has 16 heavy (non-hydrogen) atoms. The van der Waals surface area contributed by atoms with Gasteiger partial charge >= 0.3 is 0 Å². The van der Waals surface area contributed by atoms with Gasteiger partial charge in [0.25, 0.3) is 0 Å². The van der Waals surface area contributed by atoms with Crippen molar-refractivity contribution in [3.63, 3.8) is 0 Å². The highest BCUT2D eigenvalue weighted by molar-refractivity contribution is 6.06. The molecule has 0 heterocycles. The molecule has 1 aliphatic carbocycles. The molecule has 3 heteroatoms. The first-order valence-corrected chi connectivity index (χ1v) is 5.62. The summed E-state index contributed by atoms with van der Waals surface area (Å²) in [5, 5.41) is 10.4. The molecule has 0 unspecified atom stereocenters. The number of aliphatic imine (C=N–C) groups is 1. The average Bonchev–Trinajstić information content (AvgIpc) is 2.70. The fraction of sp³-hybridized carbons (Fsp3) is 0.462. The summed E-state index contributed by atoms with van der Waals surface area (Å²) < 4.78 is 13.7. The predicted octanol–water partition coefficient (Wildman–Crippen LogP) is 2.55. The Bertz CT molecular complexity index is 408. The van der Waals surface area contributed by atoms with E-state index < -0.39 is 5.60 Å². The van der Waals surface area contributed by atoms with Crippen molar-refractivity contribution < 1.29 is 9.50 Å². The van der Waals surface area contributed by atoms with E-state index >= 15 is 0 Å². The molecule has 2 rings (SSSR count). The van der Waals surface area contributed by atoms with Crippen molar-refractivity contribution >= 4 is 5.71 Å². The Balaban J connectivity index is 2.41.